The molecule has 2 amide bonds. The molecule has 25 heavy (non-hydrogen) atoms. The van der Waals surface area contributed by atoms with E-state index in [4.69, 9.17) is 14.2 Å². The Labute approximate surface area is 148 Å². The number of hydrogen-bond donors (Lipinski definition) is 1. The summed E-state index contributed by atoms with van der Waals surface area (Å²) in [6, 6.07) is 4.35. The van der Waals surface area contributed by atoms with Crippen LogP contribution in [0.1, 0.15) is 31.1 Å². The molecule has 1 aromatic carbocycles. The van der Waals surface area contributed by atoms with Crippen molar-refractivity contribution in [3.8, 4) is 11.5 Å². The van der Waals surface area contributed by atoms with E-state index in [0.29, 0.717) is 43.4 Å². The van der Waals surface area contributed by atoms with Gasteiger partial charge in [0.15, 0.2) is 11.5 Å². The molecule has 0 aromatic heterocycles. The van der Waals surface area contributed by atoms with E-state index in [1.165, 1.54) is 7.11 Å². The van der Waals surface area contributed by atoms with Gasteiger partial charge in [-0.2, -0.15) is 0 Å². The second-order valence-electron chi connectivity index (χ2n) is 6.17. The van der Waals surface area contributed by atoms with Crippen molar-refractivity contribution in [2.75, 3.05) is 33.4 Å². The first-order valence-electron chi connectivity index (χ1n) is 8.44. The fourth-order valence-corrected chi connectivity index (χ4v) is 2.56. The third-order valence-electron chi connectivity index (χ3n) is 3.83. The van der Waals surface area contributed by atoms with Gasteiger partial charge in [0, 0.05) is 18.7 Å². The number of hydrogen-bond acceptors (Lipinski definition) is 5. The van der Waals surface area contributed by atoms with Crippen LogP contribution in [0, 0.1) is 0 Å². The van der Waals surface area contributed by atoms with Crippen LogP contribution in [0.5, 0.6) is 11.5 Å². The Balaban J connectivity index is 2.03. The second kappa shape index (κ2) is 8.71. The van der Waals surface area contributed by atoms with E-state index in [9.17, 15) is 9.59 Å². The topological polar surface area (TPSA) is 77.1 Å². The molecule has 0 radical (unpaired) electrons. The Morgan fingerprint density at radius 3 is 2.44 bits per heavy atom. The molecule has 138 valence electrons. The quantitative estimate of drug-likeness (QED) is 0.840. The molecule has 1 atom stereocenters. The Morgan fingerprint density at radius 1 is 1.16 bits per heavy atom. The molecule has 1 aromatic rings. The molecule has 1 unspecified atom stereocenters. The lowest BCUT2D eigenvalue weighted by atomic mass is 10.1. The Hall–Kier alpha value is -2.28. The zero-order valence-electron chi connectivity index (χ0n) is 15.2. The van der Waals surface area contributed by atoms with Gasteiger partial charge in [0.05, 0.1) is 26.4 Å². The highest BCUT2D eigenvalue weighted by atomic mass is 16.5. The summed E-state index contributed by atoms with van der Waals surface area (Å²) in [6.07, 6.45) is -0.000238. The normalized spacial score (nSPS) is 15.6. The highest BCUT2D eigenvalue weighted by molar-refractivity contribution is 5.98. The number of nitrogens with one attached hydrogen (secondary N) is 1. The van der Waals surface area contributed by atoms with E-state index >= 15 is 0 Å². The largest absolute Gasteiger partial charge is 0.493 e. The average molecular weight is 350 g/mol. The maximum absolute atomic E-state index is 12.4. The zero-order chi connectivity index (χ0) is 18.4. The number of carbonyl (C=O) groups is 2. The van der Waals surface area contributed by atoms with Gasteiger partial charge < -0.3 is 24.4 Å². The van der Waals surface area contributed by atoms with Gasteiger partial charge in [0.1, 0.15) is 6.04 Å². The molecule has 0 aliphatic carbocycles. The minimum absolute atomic E-state index is 0.000238. The van der Waals surface area contributed by atoms with Gasteiger partial charge in [-0.3, -0.25) is 9.59 Å². The number of carbonyl (C=O) groups excluding carboxylic acids is 2. The molecule has 7 nitrogen and oxygen atoms in total. The molecule has 1 N–H and O–H groups in total. The van der Waals surface area contributed by atoms with E-state index in [1.54, 1.807) is 30.0 Å². The lowest BCUT2D eigenvalue weighted by molar-refractivity contribution is -0.136. The van der Waals surface area contributed by atoms with Crippen molar-refractivity contribution in [3.05, 3.63) is 23.8 Å². The minimum atomic E-state index is -0.608. The Morgan fingerprint density at radius 2 is 1.84 bits per heavy atom. The van der Waals surface area contributed by atoms with Crippen LogP contribution in [0.15, 0.2) is 18.2 Å². The summed E-state index contributed by atoms with van der Waals surface area (Å²) >= 11 is 0. The van der Waals surface area contributed by atoms with Gasteiger partial charge >= 0.3 is 0 Å². The first kappa shape index (κ1) is 19.1. The van der Waals surface area contributed by atoms with Gasteiger partial charge in [-0.25, -0.2) is 0 Å². The van der Waals surface area contributed by atoms with Crippen molar-refractivity contribution in [2.24, 2.45) is 0 Å². The summed E-state index contributed by atoms with van der Waals surface area (Å²) in [5.41, 5.74) is 0.412. The zero-order valence-corrected chi connectivity index (χ0v) is 15.2. The van der Waals surface area contributed by atoms with E-state index in [-0.39, 0.29) is 17.9 Å². The highest BCUT2D eigenvalue weighted by Gasteiger charge is 2.24. The summed E-state index contributed by atoms with van der Waals surface area (Å²) < 4.78 is 16.2. The summed E-state index contributed by atoms with van der Waals surface area (Å²) in [7, 11) is 1.52. The van der Waals surface area contributed by atoms with Crippen molar-refractivity contribution >= 4 is 11.8 Å². The summed E-state index contributed by atoms with van der Waals surface area (Å²) in [5.74, 6) is 0.617. The SMILES string of the molecule is COc1cc(C(=O)NC(C)C(=O)N2CCOCC2)ccc1OC(C)C. The maximum Gasteiger partial charge on any atom is 0.252 e. The molecule has 0 bridgehead atoms. The minimum Gasteiger partial charge on any atom is -0.493 e. The van der Waals surface area contributed by atoms with Crippen LogP contribution in [0.25, 0.3) is 0 Å². The van der Waals surface area contributed by atoms with E-state index in [0.717, 1.165) is 0 Å². The molecule has 1 aliphatic rings. The summed E-state index contributed by atoms with van der Waals surface area (Å²) in [5, 5.41) is 2.74. The number of morpholine rings is 1. The monoisotopic (exact) mass is 350 g/mol. The maximum atomic E-state index is 12.4. The summed E-state index contributed by atoms with van der Waals surface area (Å²) in [4.78, 5) is 26.5. The van der Waals surface area contributed by atoms with Crippen LogP contribution >= 0.6 is 0 Å². The van der Waals surface area contributed by atoms with Gasteiger partial charge in [0.25, 0.3) is 5.91 Å². The van der Waals surface area contributed by atoms with Gasteiger partial charge in [-0.1, -0.05) is 0 Å². The summed E-state index contributed by atoms with van der Waals surface area (Å²) in [6.45, 7) is 7.67. The standard InChI is InChI=1S/C18H26N2O5/c1-12(2)25-15-6-5-14(11-16(15)23-4)17(21)19-13(3)18(22)20-7-9-24-10-8-20/h5-6,11-13H,7-10H2,1-4H3,(H,19,21). The average Bonchev–Trinajstić information content (AvgIpc) is 2.61. The number of nitrogens with zero attached hydrogens (tertiary/aromatic N) is 1. The lowest BCUT2D eigenvalue weighted by Gasteiger charge is -2.29. The van der Waals surface area contributed by atoms with Crippen LogP contribution in [-0.4, -0.2) is 62.3 Å². The number of rotatable bonds is 6. The Kier molecular flexibility index (Phi) is 6.64. The van der Waals surface area contributed by atoms with Crippen LogP contribution in [0.2, 0.25) is 0 Å². The smallest absolute Gasteiger partial charge is 0.252 e. The number of amides is 2. The van der Waals surface area contributed by atoms with E-state index in [1.807, 2.05) is 13.8 Å². The van der Waals surface area contributed by atoms with Crippen molar-refractivity contribution < 1.29 is 23.8 Å². The predicted molar refractivity (Wildman–Crippen MR) is 93.1 cm³/mol. The molecule has 0 spiro atoms. The third kappa shape index (κ3) is 5.09. The molecular formula is C18H26N2O5. The fourth-order valence-electron chi connectivity index (χ4n) is 2.56. The van der Waals surface area contributed by atoms with Crippen LogP contribution in [-0.2, 0) is 9.53 Å². The first-order valence-corrected chi connectivity index (χ1v) is 8.44. The molecule has 2 rings (SSSR count). The van der Waals surface area contributed by atoms with Crippen molar-refractivity contribution in [2.45, 2.75) is 32.9 Å². The van der Waals surface area contributed by atoms with Crippen LogP contribution in [0.4, 0.5) is 0 Å². The van der Waals surface area contributed by atoms with Gasteiger partial charge in [0.2, 0.25) is 5.91 Å². The number of ether oxygens (including phenoxy) is 3. The predicted octanol–water partition coefficient (Wildman–Crippen LogP) is 1.46. The molecular weight excluding hydrogens is 324 g/mol. The van der Waals surface area contributed by atoms with Gasteiger partial charge in [-0.05, 0) is 39.0 Å². The molecule has 0 saturated carbocycles. The van der Waals surface area contributed by atoms with Crippen LogP contribution < -0.4 is 14.8 Å². The molecule has 7 heteroatoms. The van der Waals surface area contributed by atoms with Crippen LogP contribution in [0.3, 0.4) is 0 Å². The Bertz CT molecular complexity index is 611. The molecule has 1 aliphatic heterocycles. The van der Waals surface area contributed by atoms with Crippen molar-refractivity contribution in [3.63, 3.8) is 0 Å². The number of methoxy groups -OCH3 is 1. The molecule has 1 fully saturated rings. The van der Waals surface area contributed by atoms with E-state index < -0.39 is 6.04 Å². The van der Waals surface area contributed by atoms with Crippen molar-refractivity contribution in [1.82, 2.24) is 10.2 Å². The second-order valence-corrected chi connectivity index (χ2v) is 6.17. The third-order valence-corrected chi connectivity index (χ3v) is 3.83. The van der Waals surface area contributed by atoms with E-state index in [2.05, 4.69) is 5.32 Å². The fraction of sp³-hybridized carbons (Fsp3) is 0.556. The first-order chi connectivity index (χ1) is 11.9. The number of benzene rings is 1. The van der Waals surface area contributed by atoms with Crippen molar-refractivity contribution in [1.29, 1.82) is 0 Å². The lowest BCUT2D eigenvalue weighted by Crippen LogP contribution is -2.50. The molecule has 1 saturated heterocycles. The highest BCUT2D eigenvalue weighted by Crippen LogP contribution is 2.29. The molecule has 1 heterocycles. The van der Waals surface area contributed by atoms with Gasteiger partial charge in [-0.15, -0.1) is 0 Å².